The van der Waals surface area contributed by atoms with Crippen LogP contribution < -0.4 is 5.32 Å². The van der Waals surface area contributed by atoms with Gasteiger partial charge in [-0.3, -0.25) is 9.20 Å². The van der Waals surface area contributed by atoms with Crippen molar-refractivity contribution < 1.29 is 4.79 Å². The van der Waals surface area contributed by atoms with Crippen LogP contribution in [0.25, 0.3) is 11.7 Å². The maximum Gasteiger partial charge on any atom is 0.270 e. The zero-order chi connectivity index (χ0) is 18.8. The van der Waals surface area contributed by atoms with Crippen molar-refractivity contribution >= 4 is 29.2 Å². The molecule has 0 radical (unpaired) electrons. The Kier molecular flexibility index (Phi) is 5.18. The van der Waals surface area contributed by atoms with Crippen molar-refractivity contribution in [1.82, 2.24) is 19.3 Å². The molecule has 3 heterocycles. The maximum absolute atomic E-state index is 12.8. The lowest BCUT2D eigenvalue weighted by Gasteiger charge is -2.08. The van der Waals surface area contributed by atoms with Gasteiger partial charge in [-0.15, -0.1) is 0 Å². The first-order chi connectivity index (χ1) is 12.4. The first kappa shape index (κ1) is 18.3. The molecule has 136 valence electrons. The van der Waals surface area contributed by atoms with Gasteiger partial charge >= 0.3 is 0 Å². The summed E-state index contributed by atoms with van der Waals surface area (Å²) in [4.78, 5) is 17.3. The summed E-state index contributed by atoms with van der Waals surface area (Å²) in [6.07, 6.45) is 6.54. The van der Waals surface area contributed by atoms with Gasteiger partial charge in [0.25, 0.3) is 5.91 Å². The summed E-state index contributed by atoms with van der Waals surface area (Å²) < 4.78 is 3.83. The highest BCUT2D eigenvalue weighted by Crippen LogP contribution is 2.18. The van der Waals surface area contributed by atoms with Crippen LogP contribution in [-0.4, -0.2) is 26.4 Å². The Hall–Kier alpha value is -2.53. The standard InChI is InChI=1S/C20H23ClN4O/c1-5-16-19(25-12-15(21)6-7-18(25)23-16)20(26)22-11-13(2)10-17-14(3)8-9-24(17)4/h6-10,12H,5,11H2,1-4H3,(H,22,26). The molecule has 0 saturated heterocycles. The van der Waals surface area contributed by atoms with Gasteiger partial charge in [-0.2, -0.15) is 0 Å². The highest BCUT2D eigenvalue weighted by atomic mass is 35.5. The molecule has 5 nitrogen and oxygen atoms in total. The quantitative estimate of drug-likeness (QED) is 0.737. The lowest BCUT2D eigenvalue weighted by atomic mass is 10.2. The molecule has 0 spiro atoms. The molecule has 3 aromatic rings. The number of fused-ring (bicyclic) bond motifs is 1. The number of carbonyl (C=O) groups excluding carboxylic acids is 1. The summed E-state index contributed by atoms with van der Waals surface area (Å²) in [7, 11) is 2.01. The smallest absolute Gasteiger partial charge is 0.270 e. The van der Waals surface area contributed by atoms with Gasteiger partial charge in [0.1, 0.15) is 11.3 Å². The number of imidazole rings is 1. The van der Waals surface area contributed by atoms with E-state index < -0.39 is 0 Å². The van der Waals surface area contributed by atoms with Crippen molar-refractivity contribution in [2.45, 2.75) is 27.2 Å². The average molecular weight is 371 g/mol. The van der Waals surface area contributed by atoms with E-state index in [0.717, 1.165) is 22.6 Å². The minimum Gasteiger partial charge on any atom is -0.351 e. The van der Waals surface area contributed by atoms with Crippen molar-refractivity contribution in [3.8, 4) is 0 Å². The summed E-state index contributed by atoms with van der Waals surface area (Å²) in [5.74, 6) is -0.145. The molecule has 26 heavy (non-hydrogen) atoms. The Morgan fingerprint density at radius 3 is 2.77 bits per heavy atom. The van der Waals surface area contributed by atoms with Crippen molar-refractivity contribution in [2.75, 3.05) is 6.54 Å². The molecule has 6 heteroatoms. The van der Waals surface area contributed by atoms with Crippen molar-refractivity contribution in [2.24, 2.45) is 7.05 Å². The number of carbonyl (C=O) groups is 1. The second-order valence-electron chi connectivity index (χ2n) is 6.50. The fourth-order valence-corrected chi connectivity index (χ4v) is 3.19. The monoisotopic (exact) mass is 370 g/mol. The highest BCUT2D eigenvalue weighted by molar-refractivity contribution is 6.30. The Balaban J connectivity index is 1.82. The van der Waals surface area contributed by atoms with E-state index in [9.17, 15) is 4.79 Å². The van der Waals surface area contributed by atoms with Crippen molar-refractivity contribution in [3.63, 3.8) is 0 Å². The fourth-order valence-electron chi connectivity index (χ4n) is 3.03. The molecular weight excluding hydrogens is 348 g/mol. The number of pyridine rings is 1. The molecule has 0 atom stereocenters. The van der Waals surface area contributed by atoms with Gasteiger partial charge < -0.3 is 9.88 Å². The first-order valence-electron chi connectivity index (χ1n) is 8.64. The lowest BCUT2D eigenvalue weighted by molar-refractivity contribution is 0.0950. The third-order valence-corrected chi connectivity index (χ3v) is 4.67. The minimum atomic E-state index is -0.145. The number of hydrogen-bond donors (Lipinski definition) is 1. The van der Waals surface area contributed by atoms with Crippen LogP contribution in [-0.2, 0) is 13.5 Å². The van der Waals surface area contributed by atoms with Crippen molar-refractivity contribution in [1.29, 1.82) is 0 Å². The van der Waals surface area contributed by atoms with Gasteiger partial charge in [-0.25, -0.2) is 4.98 Å². The SMILES string of the molecule is CCc1nc2ccc(Cl)cn2c1C(=O)NCC(C)=Cc1c(C)ccn1C. The number of nitrogens with one attached hydrogen (secondary N) is 1. The molecule has 0 unspecified atom stereocenters. The van der Waals surface area contributed by atoms with Crippen LogP contribution in [0.4, 0.5) is 0 Å². The van der Waals surface area contributed by atoms with E-state index in [1.807, 2.05) is 33.2 Å². The van der Waals surface area contributed by atoms with Crippen LogP contribution in [0.15, 0.2) is 36.2 Å². The third kappa shape index (κ3) is 3.53. The molecule has 0 fully saturated rings. The van der Waals surface area contributed by atoms with Gasteiger partial charge in [-0.05, 0) is 50.1 Å². The second-order valence-corrected chi connectivity index (χ2v) is 6.94. The van der Waals surface area contributed by atoms with Crippen LogP contribution in [0.2, 0.25) is 5.02 Å². The Morgan fingerprint density at radius 1 is 1.35 bits per heavy atom. The molecule has 0 aliphatic carbocycles. The highest BCUT2D eigenvalue weighted by Gasteiger charge is 2.18. The van der Waals surface area contributed by atoms with Gasteiger partial charge in [0.05, 0.1) is 10.7 Å². The van der Waals surface area contributed by atoms with E-state index in [1.165, 1.54) is 5.56 Å². The number of amides is 1. The zero-order valence-electron chi connectivity index (χ0n) is 15.5. The summed E-state index contributed by atoms with van der Waals surface area (Å²) in [6.45, 7) is 6.55. The van der Waals surface area contributed by atoms with E-state index >= 15 is 0 Å². The van der Waals surface area contributed by atoms with E-state index in [-0.39, 0.29) is 5.91 Å². The molecular formula is C20H23ClN4O. The summed E-state index contributed by atoms with van der Waals surface area (Å²) in [6, 6.07) is 5.68. The average Bonchev–Trinajstić information content (AvgIpc) is 3.13. The summed E-state index contributed by atoms with van der Waals surface area (Å²) in [5.41, 5.74) is 5.48. The van der Waals surface area contributed by atoms with Crippen LogP contribution in [0, 0.1) is 6.92 Å². The third-order valence-electron chi connectivity index (χ3n) is 4.45. The molecule has 0 saturated carbocycles. The molecule has 3 rings (SSSR count). The lowest BCUT2D eigenvalue weighted by Crippen LogP contribution is -2.27. The topological polar surface area (TPSA) is 51.3 Å². The second kappa shape index (κ2) is 7.38. The predicted octanol–water partition coefficient (Wildman–Crippen LogP) is 4.03. The van der Waals surface area contributed by atoms with Gasteiger partial charge in [0, 0.05) is 31.7 Å². The van der Waals surface area contributed by atoms with E-state index in [0.29, 0.717) is 23.7 Å². The molecule has 1 N–H and O–H groups in total. The van der Waals surface area contributed by atoms with Crippen molar-refractivity contribution in [3.05, 3.63) is 63.8 Å². The predicted molar refractivity (Wildman–Crippen MR) is 106 cm³/mol. The minimum absolute atomic E-state index is 0.145. The van der Waals surface area contributed by atoms with E-state index in [4.69, 9.17) is 11.6 Å². The normalized spacial score (nSPS) is 12.0. The number of aromatic nitrogens is 3. The van der Waals surface area contributed by atoms with Crippen LogP contribution in [0.1, 0.15) is 41.3 Å². The van der Waals surface area contributed by atoms with E-state index in [2.05, 4.69) is 33.9 Å². The largest absolute Gasteiger partial charge is 0.351 e. The molecule has 1 amide bonds. The molecule has 0 aromatic carbocycles. The van der Waals surface area contributed by atoms with Crippen LogP contribution >= 0.6 is 11.6 Å². The van der Waals surface area contributed by atoms with Gasteiger partial charge in [-0.1, -0.05) is 24.1 Å². The van der Waals surface area contributed by atoms with Gasteiger partial charge in [0.15, 0.2) is 0 Å². The Morgan fingerprint density at radius 2 is 2.12 bits per heavy atom. The molecule has 3 aromatic heterocycles. The number of nitrogens with zero attached hydrogens (tertiary/aromatic N) is 3. The number of halogens is 1. The molecule has 0 aliphatic rings. The summed E-state index contributed by atoms with van der Waals surface area (Å²) >= 11 is 6.09. The van der Waals surface area contributed by atoms with E-state index in [1.54, 1.807) is 16.7 Å². The van der Waals surface area contributed by atoms with Gasteiger partial charge in [0.2, 0.25) is 0 Å². The zero-order valence-corrected chi connectivity index (χ0v) is 16.3. The Bertz CT molecular complexity index is 977. The number of hydrogen-bond acceptors (Lipinski definition) is 2. The molecule has 0 aliphatic heterocycles. The fraction of sp³-hybridized carbons (Fsp3) is 0.300. The van der Waals surface area contributed by atoms with Crippen LogP contribution in [0.3, 0.4) is 0 Å². The molecule has 0 bridgehead atoms. The maximum atomic E-state index is 12.8. The Labute approximate surface area is 158 Å². The summed E-state index contributed by atoms with van der Waals surface area (Å²) in [5, 5.41) is 3.57. The van der Waals surface area contributed by atoms with Crippen LogP contribution in [0.5, 0.6) is 0 Å². The number of aryl methyl sites for hydroxylation is 3. The number of rotatable bonds is 5. The first-order valence-corrected chi connectivity index (χ1v) is 9.02.